The number of ether oxygens (including phenoxy) is 1. The smallest absolute Gasteiger partial charge is 0.251 e. The summed E-state index contributed by atoms with van der Waals surface area (Å²) in [6.07, 6.45) is 5.63. The molecule has 0 aliphatic carbocycles. The number of carbonyl (C=O) groups is 2. The molecule has 3 aliphatic rings. The number of nitrogens with zero attached hydrogens (tertiary/aromatic N) is 2. The molecule has 0 spiro atoms. The second-order valence-corrected chi connectivity index (χ2v) is 6.94. The first-order chi connectivity index (χ1) is 11.2. The summed E-state index contributed by atoms with van der Waals surface area (Å²) in [6, 6.07) is 0. The maximum atomic E-state index is 12.4. The van der Waals surface area contributed by atoms with E-state index < -0.39 is 0 Å². The number of hydrogen-bond donors (Lipinski definition) is 1. The molecule has 0 aromatic heterocycles. The van der Waals surface area contributed by atoms with Crippen LogP contribution in [0, 0.1) is 5.92 Å². The minimum atomic E-state index is -0.239. The fourth-order valence-electron chi connectivity index (χ4n) is 3.81. The van der Waals surface area contributed by atoms with Gasteiger partial charge in [0.15, 0.2) is 0 Å². The number of amides is 2. The van der Waals surface area contributed by atoms with Gasteiger partial charge in [0.25, 0.3) is 5.91 Å². The van der Waals surface area contributed by atoms with Crippen molar-refractivity contribution in [3.8, 4) is 0 Å². The minimum Gasteiger partial charge on any atom is -0.368 e. The van der Waals surface area contributed by atoms with Crippen LogP contribution in [-0.2, 0) is 14.3 Å². The van der Waals surface area contributed by atoms with E-state index in [0.717, 1.165) is 32.4 Å². The Labute approximate surface area is 150 Å². The average Bonchev–Trinajstić information content (AvgIpc) is 3.15. The molecule has 1 atom stereocenters. The van der Waals surface area contributed by atoms with Gasteiger partial charge in [-0.25, -0.2) is 0 Å². The lowest BCUT2D eigenvalue weighted by molar-refractivity contribution is -0.146. The highest BCUT2D eigenvalue weighted by atomic mass is 35.5. The number of halogens is 1. The van der Waals surface area contributed by atoms with Crippen LogP contribution in [-0.4, -0.2) is 73.6 Å². The second-order valence-electron chi connectivity index (χ2n) is 6.94. The summed E-state index contributed by atoms with van der Waals surface area (Å²) in [5.41, 5.74) is 0. The molecule has 2 amide bonds. The Kier molecular flexibility index (Phi) is 7.78. The summed E-state index contributed by atoms with van der Waals surface area (Å²) in [6.45, 7) is 5.51. The third-order valence-corrected chi connectivity index (χ3v) is 5.37. The van der Waals surface area contributed by atoms with Crippen molar-refractivity contribution in [3.63, 3.8) is 0 Å². The Balaban J connectivity index is 0.00000208. The molecule has 6 nitrogen and oxygen atoms in total. The first-order valence-electron chi connectivity index (χ1n) is 9.13. The van der Waals surface area contributed by atoms with Gasteiger partial charge in [0.1, 0.15) is 6.10 Å². The Bertz CT molecular complexity index is 415. The number of hydrogen-bond acceptors (Lipinski definition) is 4. The lowest BCUT2D eigenvalue weighted by Gasteiger charge is -2.36. The summed E-state index contributed by atoms with van der Waals surface area (Å²) < 4.78 is 5.47. The monoisotopic (exact) mass is 359 g/mol. The van der Waals surface area contributed by atoms with E-state index in [1.54, 1.807) is 0 Å². The number of piperazine rings is 1. The number of piperidine rings is 1. The van der Waals surface area contributed by atoms with Crippen molar-refractivity contribution >= 4 is 24.2 Å². The first kappa shape index (κ1) is 19.5. The fraction of sp³-hybridized carbons (Fsp3) is 0.882. The zero-order chi connectivity index (χ0) is 16.1. The van der Waals surface area contributed by atoms with Crippen LogP contribution in [0.25, 0.3) is 0 Å². The van der Waals surface area contributed by atoms with Gasteiger partial charge in [-0.15, -0.1) is 12.4 Å². The zero-order valence-corrected chi connectivity index (χ0v) is 15.2. The Morgan fingerprint density at radius 2 is 1.67 bits per heavy atom. The van der Waals surface area contributed by atoms with E-state index in [4.69, 9.17) is 4.74 Å². The number of rotatable bonds is 4. The van der Waals surface area contributed by atoms with Crippen molar-refractivity contribution in [2.24, 2.45) is 5.92 Å². The molecule has 3 saturated heterocycles. The van der Waals surface area contributed by atoms with Crippen molar-refractivity contribution in [2.75, 3.05) is 45.9 Å². The maximum Gasteiger partial charge on any atom is 0.251 e. The van der Waals surface area contributed by atoms with Crippen molar-refractivity contribution in [1.29, 1.82) is 0 Å². The Hall–Kier alpha value is -0.850. The molecule has 3 rings (SSSR count). The van der Waals surface area contributed by atoms with Crippen molar-refractivity contribution in [3.05, 3.63) is 0 Å². The summed E-state index contributed by atoms with van der Waals surface area (Å²) in [7, 11) is 0. The Morgan fingerprint density at radius 1 is 1.00 bits per heavy atom. The van der Waals surface area contributed by atoms with Crippen LogP contribution in [0.3, 0.4) is 0 Å². The molecule has 0 saturated carbocycles. The van der Waals surface area contributed by atoms with Crippen LogP contribution in [0.4, 0.5) is 0 Å². The SMILES string of the molecule is Cl.O=C(CCC1CCNCC1)N1CCN(C(=O)C2CCCO2)CC1. The minimum absolute atomic E-state index is 0. The van der Waals surface area contributed by atoms with E-state index in [2.05, 4.69) is 5.32 Å². The standard InChI is InChI=1S/C17H29N3O3.ClH/c21-16(4-3-14-5-7-18-8-6-14)19-9-11-20(12-10-19)17(22)15-2-1-13-23-15;/h14-15,18H,1-13H2;1H. The molecule has 3 fully saturated rings. The molecule has 0 aromatic rings. The zero-order valence-electron chi connectivity index (χ0n) is 14.4. The predicted octanol–water partition coefficient (Wildman–Crippen LogP) is 1.04. The van der Waals surface area contributed by atoms with E-state index in [0.29, 0.717) is 45.1 Å². The molecule has 7 heteroatoms. The highest BCUT2D eigenvalue weighted by molar-refractivity contribution is 5.85. The van der Waals surface area contributed by atoms with Gasteiger partial charge in [-0.1, -0.05) is 0 Å². The molecular weight excluding hydrogens is 330 g/mol. The fourth-order valence-corrected chi connectivity index (χ4v) is 3.81. The largest absolute Gasteiger partial charge is 0.368 e. The predicted molar refractivity (Wildman–Crippen MR) is 94.2 cm³/mol. The van der Waals surface area contributed by atoms with Gasteiger partial charge < -0.3 is 19.9 Å². The molecule has 1 N–H and O–H groups in total. The quantitative estimate of drug-likeness (QED) is 0.814. The molecule has 0 radical (unpaired) electrons. The van der Waals surface area contributed by atoms with Crippen LogP contribution < -0.4 is 5.32 Å². The van der Waals surface area contributed by atoms with Gasteiger partial charge in [-0.05, 0) is 51.1 Å². The lowest BCUT2D eigenvalue weighted by Crippen LogP contribution is -2.52. The van der Waals surface area contributed by atoms with Crippen molar-refractivity contribution < 1.29 is 14.3 Å². The molecule has 1 unspecified atom stereocenters. The Morgan fingerprint density at radius 3 is 2.29 bits per heavy atom. The van der Waals surface area contributed by atoms with E-state index >= 15 is 0 Å². The lowest BCUT2D eigenvalue weighted by atomic mass is 9.93. The molecule has 3 aliphatic heterocycles. The summed E-state index contributed by atoms with van der Waals surface area (Å²) in [4.78, 5) is 28.5. The topological polar surface area (TPSA) is 61.9 Å². The number of nitrogens with one attached hydrogen (secondary N) is 1. The summed E-state index contributed by atoms with van der Waals surface area (Å²) in [5.74, 6) is 1.07. The molecule has 0 bridgehead atoms. The molecular formula is C17H30ClN3O3. The van der Waals surface area contributed by atoms with E-state index in [1.807, 2.05) is 9.80 Å². The average molecular weight is 360 g/mol. The van der Waals surface area contributed by atoms with Crippen LogP contribution in [0.15, 0.2) is 0 Å². The van der Waals surface area contributed by atoms with Gasteiger partial charge in [0.05, 0.1) is 0 Å². The van der Waals surface area contributed by atoms with E-state index in [-0.39, 0.29) is 30.3 Å². The number of carbonyl (C=O) groups excluding carboxylic acids is 2. The van der Waals surface area contributed by atoms with E-state index in [1.165, 1.54) is 12.8 Å². The third kappa shape index (κ3) is 5.07. The van der Waals surface area contributed by atoms with Gasteiger partial charge >= 0.3 is 0 Å². The molecule has 138 valence electrons. The van der Waals surface area contributed by atoms with Crippen LogP contribution in [0.2, 0.25) is 0 Å². The van der Waals surface area contributed by atoms with Gasteiger partial charge in [-0.2, -0.15) is 0 Å². The summed E-state index contributed by atoms with van der Waals surface area (Å²) >= 11 is 0. The molecule has 0 aromatic carbocycles. The molecule has 24 heavy (non-hydrogen) atoms. The van der Waals surface area contributed by atoms with Crippen LogP contribution in [0.1, 0.15) is 38.5 Å². The van der Waals surface area contributed by atoms with E-state index in [9.17, 15) is 9.59 Å². The maximum absolute atomic E-state index is 12.4. The van der Waals surface area contributed by atoms with Gasteiger partial charge in [-0.3, -0.25) is 9.59 Å². The normalized spacial score (nSPS) is 25.4. The second kappa shape index (κ2) is 9.59. The molecule has 3 heterocycles. The van der Waals surface area contributed by atoms with Crippen molar-refractivity contribution in [1.82, 2.24) is 15.1 Å². The van der Waals surface area contributed by atoms with Gasteiger partial charge in [0, 0.05) is 39.2 Å². The van der Waals surface area contributed by atoms with Crippen LogP contribution >= 0.6 is 12.4 Å². The third-order valence-electron chi connectivity index (χ3n) is 5.37. The van der Waals surface area contributed by atoms with Crippen molar-refractivity contribution in [2.45, 2.75) is 44.6 Å². The highest BCUT2D eigenvalue weighted by Crippen LogP contribution is 2.19. The van der Waals surface area contributed by atoms with Gasteiger partial charge in [0.2, 0.25) is 5.91 Å². The first-order valence-corrected chi connectivity index (χ1v) is 9.13. The summed E-state index contributed by atoms with van der Waals surface area (Å²) in [5, 5.41) is 3.36. The van der Waals surface area contributed by atoms with Crippen LogP contribution in [0.5, 0.6) is 0 Å². The highest BCUT2D eigenvalue weighted by Gasteiger charge is 2.31.